The highest BCUT2D eigenvalue weighted by molar-refractivity contribution is 9.10. The van der Waals surface area contributed by atoms with Crippen molar-refractivity contribution in [2.75, 3.05) is 5.32 Å². The van der Waals surface area contributed by atoms with Crippen LogP contribution in [0.3, 0.4) is 0 Å². The molecule has 0 aliphatic rings. The standard InChI is InChI=1S/C16H12BrN3OS2/c1-9-6-7-12-13(8-9)23-16(18-12)20-15(22)19-14(21)10-4-2-3-5-11(10)17/h2-8H,1H3,(H2,18,19,20,21,22). The lowest BCUT2D eigenvalue weighted by Crippen LogP contribution is -2.34. The summed E-state index contributed by atoms with van der Waals surface area (Å²) in [4.78, 5) is 16.6. The van der Waals surface area contributed by atoms with Gasteiger partial charge in [0.1, 0.15) is 0 Å². The van der Waals surface area contributed by atoms with Crippen molar-refractivity contribution >= 4 is 65.9 Å². The molecule has 7 heteroatoms. The Morgan fingerprint density at radius 2 is 2.04 bits per heavy atom. The van der Waals surface area contributed by atoms with Crippen LogP contribution in [0.25, 0.3) is 10.2 Å². The van der Waals surface area contributed by atoms with Crippen LogP contribution in [-0.2, 0) is 0 Å². The third kappa shape index (κ3) is 3.74. The molecule has 0 radical (unpaired) electrons. The molecule has 1 heterocycles. The highest BCUT2D eigenvalue weighted by atomic mass is 79.9. The first-order chi connectivity index (χ1) is 11.0. The lowest BCUT2D eigenvalue weighted by Gasteiger charge is -2.08. The van der Waals surface area contributed by atoms with E-state index in [4.69, 9.17) is 12.2 Å². The van der Waals surface area contributed by atoms with Crippen LogP contribution in [0.4, 0.5) is 5.13 Å². The Morgan fingerprint density at radius 1 is 1.26 bits per heavy atom. The molecule has 2 N–H and O–H groups in total. The van der Waals surface area contributed by atoms with Gasteiger partial charge in [0.15, 0.2) is 10.2 Å². The predicted octanol–water partition coefficient (Wildman–Crippen LogP) is 4.49. The fourth-order valence-electron chi connectivity index (χ4n) is 2.03. The van der Waals surface area contributed by atoms with Gasteiger partial charge in [0, 0.05) is 4.47 Å². The van der Waals surface area contributed by atoms with Crippen LogP contribution in [0.1, 0.15) is 15.9 Å². The lowest BCUT2D eigenvalue weighted by atomic mass is 10.2. The molecular formula is C16H12BrN3OS2. The van der Waals surface area contributed by atoms with Crippen molar-refractivity contribution in [2.45, 2.75) is 6.92 Å². The fourth-order valence-corrected chi connectivity index (χ4v) is 3.72. The van der Waals surface area contributed by atoms with E-state index in [0.29, 0.717) is 10.7 Å². The normalized spacial score (nSPS) is 10.5. The van der Waals surface area contributed by atoms with E-state index >= 15 is 0 Å². The third-order valence-corrected chi connectivity index (χ3v) is 4.94. The zero-order valence-electron chi connectivity index (χ0n) is 12.1. The Balaban J connectivity index is 1.71. The summed E-state index contributed by atoms with van der Waals surface area (Å²) in [5.41, 5.74) is 2.61. The number of benzene rings is 2. The first-order valence-corrected chi connectivity index (χ1v) is 8.79. The second-order valence-electron chi connectivity index (χ2n) is 4.88. The van der Waals surface area contributed by atoms with E-state index in [1.807, 2.05) is 25.1 Å². The van der Waals surface area contributed by atoms with Gasteiger partial charge >= 0.3 is 0 Å². The molecule has 3 aromatic rings. The lowest BCUT2D eigenvalue weighted by molar-refractivity contribution is 0.0977. The number of anilines is 1. The summed E-state index contributed by atoms with van der Waals surface area (Å²) in [5, 5.41) is 6.50. The van der Waals surface area contributed by atoms with Crippen LogP contribution in [0.2, 0.25) is 0 Å². The van der Waals surface area contributed by atoms with E-state index in [1.165, 1.54) is 16.9 Å². The summed E-state index contributed by atoms with van der Waals surface area (Å²) >= 11 is 10.0. The number of carbonyl (C=O) groups is 1. The monoisotopic (exact) mass is 405 g/mol. The number of hydrogen-bond donors (Lipinski definition) is 2. The van der Waals surface area contributed by atoms with E-state index < -0.39 is 0 Å². The molecule has 23 heavy (non-hydrogen) atoms. The predicted molar refractivity (Wildman–Crippen MR) is 102 cm³/mol. The molecular weight excluding hydrogens is 394 g/mol. The second kappa shape index (κ2) is 6.74. The molecule has 1 amide bonds. The van der Waals surface area contributed by atoms with Gasteiger partial charge in [0.2, 0.25) is 0 Å². The molecule has 0 spiro atoms. The van der Waals surface area contributed by atoms with E-state index in [2.05, 4.69) is 37.6 Å². The second-order valence-corrected chi connectivity index (χ2v) is 7.17. The first kappa shape index (κ1) is 16.0. The van der Waals surface area contributed by atoms with Crippen LogP contribution >= 0.6 is 39.5 Å². The van der Waals surface area contributed by atoms with Gasteiger partial charge in [-0.2, -0.15) is 0 Å². The molecule has 0 aliphatic carbocycles. The molecule has 0 atom stereocenters. The summed E-state index contributed by atoms with van der Waals surface area (Å²) in [5.74, 6) is -0.271. The van der Waals surface area contributed by atoms with Gasteiger partial charge in [-0.3, -0.25) is 10.1 Å². The smallest absolute Gasteiger partial charge is 0.258 e. The number of amides is 1. The number of aromatic nitrogens is 1. The van der Waals surface area contributed by atoms with Crippen LogP contribution < -0.4 is 10.6 Å². The highest BCUT2D eigenvalue weighted by Crippen LogP contribution is 2.26. The Morgan fingerprint density at radius 3 is 2.83 bits per heavy atom. The number of nitrogens with one attached hydrogen (secondary N) is 2. The fraction of sp³-hybridized carbons (Fsp3) is 0.0625. The van der Waals surface area contributed by atoms with Crippen molar-refractivity contribution in [1.82, 2.24) is 10.3 Å². The number of nitrogens with zero attached hydrogens (tertiary/aromatic N) is 1. The Hall–Kier alpha value is -1.83. The maximum absolute atomic E-state index is 12.2. The number of hydrogen-bond acceptors (Lipinski definition) is 4. The van der Waals surface area contributed by atoms with Crippen LogP contribution in [0.15, 0.2) is 46.9 Å². The summed E-state index contributed by atoms with van der Waals surface area (Å²) in [6, 6.07) is 13.2. The minimum Gasteiger partial charge on any atom is -0.308 e. The van der Waals surface area contributed by atoms with E-state index in [9.17, 15) is 4.79 Å². The van der Waals surface area contributed by atoms with Gasteiger partial charge < -0.3 is 5.32 Å². The maximum Gasteiger partial charge on any atom is 0.258 e. The summed E-state index contributed by atoms with van der Waals surface area (Å²) in [6.07, 6.45) is 0. The van der Waals surface area contributed by atoms with Gasteiger partial charge in [-0.15, -0.1) is 0 Å². The van der Waals surface area contributed by atoms with Crippen LogP contribution in [-0.4, -0.2) is 16.0 Å². The van der Waals surface area contributed by atoms with Crippen molar-refractivity contribution in [3.8, 4) is 0 Å². The maximum atomic E-state index is 12.2. The Labute approximate surface area is 151 Å². The average Bonchev–Trinajstić information content (AvgIpc) is 2.88. The van der Waals surface area contributed by atoms with Crippen molar-refractivity contribution in [3.63, 3.8) is 0 Å². The molecule has 0 aliphatic heterocycles. The summed E-state index contributed by atoms with van der Waals surface area (Å²) in [7, 11) is 0. The number of carbonyl (C=O) groups excluding carboxylic acids is 1. The number of fused-ring (bicyclic) bond motifs is 1. The molecule has 0 saturated heterocycles. The van der Waals surface area contributed by atoms with Crippen LogP contribution in [0.5, 0.6) is 0 Å². The quantitative estimate of drug-likeness (QED) is 0.616. The zero-order chi connectivity index (χ0) is 16.4. The molecule has 0 saturated carbocycles. The topological polar surface area (TPSA) is 54.0 Å². The van der Waals surface area contributed by atoms with Gasteiger partial charge in [-0.05, 0) is 64.9 Å². The van der Waals surface area contributed by atoms with Gasteiger partial charge in [0.25, 0.3) is 5.91 Å². The number of aryl methyl sites for hydroxylation is 1. The van der Waals surface area contributed by atoms with Crippen LogP contribution in [0, 0.1) is 6.92 Å². The van der Waals surface area contributed by atoms with Crippen molar-refractivity contribution in [2.24, 2.45) is 0 Å². The molecule has 0 bridgehead atoms. The zero-order valence-corrected chi connectivity index (χ0v) is 15.3. The molecule has 2 aromatic carbocycles. The first-order valence-electron chi connectivity index (χ1n) is 6.77. The van der Waals surface area contributed by atoms with Crippen molar-refractivity contribution < 1.29 is 4.79 Å². The van der Waals surface area contributed by atoms with E-state index in [1.54, 1.807) is 18.2 Å². The van der Waals surface area contributed by atoms with Gasteiger partial charge in [0.05, 0.1) is 15.8 Å². The van der Waals surface area contributed by atoms with Crippen molar-refractivity contribution in [3.05, 3.63) is 58.1 Å². The number of thiocarbonyl (C=S) groups is 1. The van der Waals surface area contributed by atoms with Gasteiger partial charge in [-0.1, -0.05) is 29.5 Å². The summed E-state index contributed by atoms with van der Waals surface area (Å²) < 4.78 is 1.79. The average molecular weight is 406 g/mol. The largest absolute Gasteiger partial charge is 0.308 e. The Kier molecular flexibility index (Phi) is 4.70. The number of rotatable bonds is 2. The molecule has 1 aromatic heterocycles. The van der Waals surface area contributed by atoms with Gasteiger partial charge in [-0.25, -0.2) is 4.98 Å². The van der Waals surface area contributed by atoms with Crippen molar-refractivity contribution in [1.29, 1.82) is 0 Å². The van der Waals surface area contributed by atoms with E-state index in [0.717, 1.165) is 14.7 Å². The Bertz CT molecular complexity index is 907. The molecule has 0 fully saturated rings. The number of halogens is 1. The molecule has 3 rings (SSSR count). The van der Waals surface area contributed by atoms with E-state index in [-0.39, 0.29) is 11.0 Å². The highest BCUT2D eigenvalue weighted by Gasteiger charge is 2.12. The molecule has 4 nitrogen and oxygen atoms in total. The SMILES string of the molecule is Cc1ccc2nc(NC(=S)NC(=O)c3ccccc3Br)sc2c1. The minimum atomic E-state index is -0.271. The molecule has 116 valence electrons. The molecule has 0 unspecified atom stereocenters. The summed E-state index contributed by atoms with van der Waals surface area (Å²) in [6.45, 7) is 2.04. The minimum absolute atomic E-state index is 0.224. The number of thiazole rings is 1. The third-order valence-electron chi connectivity index (χ3n) is 3.11.